The molecule has 20 heavy (non-hydrogen) atoms. The summed E-state index contributed by atoms with van der Waals surface area (Å²) in [4.78, 5) is 13.3. The lowest BCUT2D eigenvalue weighted by Gasteiger charge is -2.39. The zero-order chi connectivity index (χ0) is 13.9. The zero-order valence-corrected chi connectivity index (χ0v) is 11.7. The standard InChI is InChI=1S/C16H22N2O2/c19-16(20)18(11-12-4-2-1-3-5-12)15-10-17-9-8-14(15)13-6-7-13/h1-5,13-15,17H,6-11H2,(H,19,20). The highest BCUT2D eigenvalue weighted by Crippen LogP contribution is 2.42. The number of nitrogens with one attached hydrogen (secondary N) is 1. The molecule has 2 fully saturated rings. The zero-order valence-electron chi connectivity index (χ0n) is 11.7. The molecule has 1 aliphatic heterocycles. The summed E-state index contributed by atoms with van der Waals surface area (Å²) in [5.74, 6) is 1.29. The van der Waals surface area contributed by atoms with E-state index in [0.717, 1.165) is 31.0 Å². The van der Waals surface area contributed by atoms with Crippen LogP contribution in [0.1, 0.15) is 24.8 Å². The lowest BCUT2D eigenvalue weighted by molar-refractivity contribution is 0.0805. The van der Waals surface area contributed by atoms with E-state index in [2.05, 4.69) is 5.32 Å². The second-order valence-corrected chi connectivity index (χ2v) is 5.96. The van der Waals surface area contributed by atoms with Gasteiger partial charge in [-0.3, -0.25) is 4.90 Å². The Morgan fingerprint density at radius 1 is 1.25 bits per heavy atom. The molecule has 1 aromatic carbocycles. The molecule has 1 saturated carbocycles. The maximum Gasteiger partial charge on any atom is 0.407 e. The number of nitrogens with zero attached hydrogens (tertiary/aromatic N) is 1. The summed E-state index contributed by atoms with van der Waals surface area (Å²) in [7, 11) is 0. The average Bonchev–Trinajstić information content (AvgIpc) is 3.30. The second kappa shape index (κ2) is 5.83. The van der Waals surface area contributed by atoms with Gasteiger partial charge in [-0.1, -0.05) is 30.3 Å². The Bertz CT molecular complexity index is 459. The molecule has 3 rings (SSSR count). The van der Waals surface area contributed by atoms with Crippen molar-refractivity contribution < 1.29 is 9.90 Å². The van der Waals surface area contributed by atoms with Gasteiger partial charge in [0, 0.05) is 13.1 Å². The summed E-state index contributed by atoms with van der Waals surface area (Å²) in [5, 5.41) is 13.0. The van der Waals surface area contributed by atoms with Crippen LogP contribution in [-0.2, 0) is 6.54 Å². The van der Waals surface area contributed by atoms with Gasteiger partial charge in [-0.25, -0.2) is 4.79 Å². The van der Waals surface area contributed by atoms with Gasteiger partial charge in [0.25, 0.3) is 0 Å². The van der Waals surface area contributed by atoms with Crippen molar-refractivity contribution in [3.05, 3.63) is 35.9 Å². The number of amides is 1. The van der Waals surface area contributed by atoms with E-state index >= 15 is 0 Å². The van der Waals surface area contributed by atoms with Crippen LogP contribution < -0.4 is 5.32 Å². The van der Waals surface area contributed by atoms with Crippen LogP contribution in [0.3, 0.4) is 0 Å². The molecule has 1 aliphatic carbocycles. The fourth-order valence-corrected chi connectivity index (χ4v) is 3.38. The molecule has 108 valence electrons. The molecule has 0 radical (unpaired) electrons. The first kappa shape index (κ1) is 13.4. The van der Waals surface area contributed by atoms with Crippen molar-refractivity contribution in [1.29, 1.82) is 0 Å². The Morgan fingerprint density at radius 2 is 2.00 bits per heavy atom. The third kappa shape index (κ3) is 2.96. The van der Waals surface area contributed by atoms with Crippen LogP contribution in [0, 0.1) is 11.8 Å². The summed E-state index contributed by atoms with van der Waals surface area (Å²) >= 11 is 0. The Hall–Kier alpha value is -1.55. The summed E-state index contributed by atoms with van der Waals surface area (Å²) in [6.45, 7) is 2.31. The average molecular weight is 274 g/mol. The topological polar surface area (TPSA) is 52.6 Å². The van der Waals surface area contributed by atoms with E-state index < -0.39 is 6.09 Å². The largest absolute Gasteiger partial charge is 0.465 e. The van der Waals surface area contributed by atoms with Gasteiger partial charge in [0.1, 0.15) is 0 Å². The molecule has 2 N–H and O–H groups in total. The van der Waals surface area contributed by atoms with Crippen LogP contribution in [0.15, 0.2) is 30.3 Å². The fraction of sp³-hybridized carbons (Fsp3) is 0.562. The number of carboxylic acid groups (broad SMARTS) is 1. The molecular weight excluding hydrogens is 252 g/mol. The van der Waals surface area contributed by atoms with Crippen LogP contribution in [-0.4, -0.2) is 35.2 Å². The summed E-state index contributed by atoms with van der Waals surface area (Å²) in [5.41, 5.74) is 1.06. The third-order valence-corrected chi connectivity index (χ3v) is 4.57. The molecule has 1 saturated heterocycles. The summed E-state index contributed by atoms with van der Waals surface area (Å²) in [6, 6.07) is 10.0. The highest BCUT2D eigenvalue weighted by atomic mass is 16.4. The van der Waals surface area contributed by atoms with E-state index in [1.807, 2.05) is 30.3 Å². The molecule has 0 aromatic heterocycles. The normalized spacial score (nSPS) is 26.2. The maximum atomic E-state index is 11.7. The first-order valence-electron chi connectivity index (χ1n) is 7.50. The first-order chi connectivity index (χ1) is 9.75. The highest BCUT2D eigenvalue weighted by Gasteiger charge is 2.41. The van der Waals surface area contributed by atoms with Gasteiger partial charge in [-0.2, -0.15) is 0 Å². The van der Waals surface area contributed by atoms with Crippen molar-refractivity contribution in [2.24, 2.45) is 11.8 Å². The number of hydrogen-bond donors (Lipinski definition) is 2. The predicted octanol–water partition coefficient (Wildman–Crippen LogP) is 2.55. The Balaban J connectivity index is 1.76. The van der Waals surface area contributed by atoms with Crippen molar-refractivity contribution >= 4 is 6.09 Å². The van der Waals surface area contributed by atoms with Gasteiger partial charge in [0.05, 0.1) is 6.04 Å². The van der Waals surface area contributed by atoms with Crippen LogP contribution in [0.4, 0.5) is 4.79 Å². The van der Waals surface area contributed by atoms with Gasteiger partial charge in [0.2, 0.25) is 0 Å². The molecule has 4 heteroatoms. The molecule has 1 amide bonds. The number of carbonyl (C=O) groups is 1. The SMILES string of the molecule is O=C(O)N(Cc1ccccc1)C1CNCCC1C1CC1. The molecular formula is C16H22N2O2. The molecule has 2 unspecified atom stereocenters. The number of piperidine rings is 1. The van der Waals surface area contributed by atoms with Gasteiger partial charge in [-0.05, 0) is 43.2 Å². The lowest BCUT2D eigenvalue weighted by atomic mass is 9.87. The summed E-state index contributed by atoms with van der Waals surface area (Å²) < 4.78 is 0. The molecule has 2 atom stereocenters. The maximum absolute atomic E-state index is 11.7. The van der Waals surface area contributed by atoms with E-state index in [1.165, 1.54) is 12.8 Å². The molecule has 1 aromatic rings. The number of benzene rings is 1. The minimum Gasteiger partial charge on any atom is -0.465 e. The number of rotatable bonds is 4. The molecule has 1 heterocycles. The van der Waals surface area contributed by atoms with Crippen molar-refractivity contribution in [1.82, 2.24) is 10.2 Å². The quantitative estimate of drug-likeness (QED) is 0.887. The molecule has 4 nitrogen and oxygen atoms in total. The van der Waals surface area contributed by atoms with Gasteiger partial charge in [0.15, 0.2) is 0 Å². The van der Waals surface area contributed by atoms with E-state index in [0.29, 0.717) is 12.5 Å². The Labute approximate surface area is 119 Å². The van der Waals surface area contributed by atoms with Gasteiger partial charge < -0.3 is 10.4 Å². The van der Waals surface area contributed by atoms with E-state index in [-0.39, 0.29) is 6.04 Å². The fourth-order valence-electron chi connectivity index (χ4n) is 3.38. The minimum absolute atomic E-state index is 0.119. The van der Waals surface area contributed by atoms with Crippen molar-refractivity contribution in [3.63, 3.8) is 0 Å². The minimum atomic E-state index is -0.798. The van der Waals surface area contributed by atoms with Gasteiger partial charge >= 0.3 is 6.09 Å². The smallest absolute Gasteiger partial charge is 0.407 e. The van der Waals surface area contributed by atoms with Crippen molar-refractivity contribution in [2.45, 2.75) is 31.8 Å². The monoisotopic (exact) mass is 274 g/mol. The van der Waals surface area contributed by atoms with Crippen molar-refractivity contribution in [2.75, 3.05) is 13.1 Å². The molecule has 2 aliphatic rings. The van der Waals surface area contributed by atoms with E-state index in [9.17, 15) is 9.90 Å². The lowest BCUT2D eigenvalue weighted by Crippen LogP contribution is -2.53. The third-order valence-electron chi connectivity index (χ3n) is 4.57. The highest BCUT2D eigenvalue weighted by molar-refractivity contribution is 5.65. The second-order valence-electron chi connectivity index (χ2n) is 5.96. The first-order valence-corrected chi connectivity index (χ1v) is 7.50. The Kier molecular flexibility index (Phi) is 3.92. The van der Waals surface area contributed by atoms with Crippen LogP contribution in [0.2, 0.25) is 0 Å². The van der Waals surface area contributed by atoms with Crippen LogP contribution >= 0.6 is 0 Å². The number of hydrogen-bond acceptors (Lipinski definition) is 2. The van der Waals surface area contributed by atoms with Gasteiger partial charge in [-0.15, -0.1) is 0 Å². The predicted molar refractivity (Wildman–Crippen MR) is 77.5 cm³/mol. The Morgan fingerprint density at radius 3 is 2.65 bits per heavy atom. The van der Waals surface area contributed by atoms with E-state index in [4.69, 9.17) is 0 Å². The van der Waals surface area contributed by atoms with Crippen LogP contribution in [0.25, 0.3) is 0 Å². The van der Waals surface area contributed by atoms with Crippen LogP contribution in [0.5, 0.6) is 0 Å². The molecule has 0 bridgehead atoms. The molecule has 0 spiro atoms. The van der Waals surface area contributed by atoms with Crippen molar-refractivity contribution in [3.8, 4) is 0 Å². The van der Waals surface area contributed by atoms with E-state index in [1.54, 1.807) is 4.90 Å². The summed E-state index contributed by atoms with van der Waals surface area (Å²) in [6.07, 6.45) is 2.86.